The Hall–Kier alpha value is -2.10. The maximum absolute atomic E-state index is 14.0. The summed E-state index contributed by atoms with van der Waals surface area (Å²) in [5, 5.41) is 0. The lowest BCUT2D eigenvalue weighted by atomic mass is 9.61. The zero-order valence-electron chi connectivity index (χ0n) is 18.1. The summed E-state index contributed by atoms with van der Waals surface area (Å²) in [5.41, 5.74) is 1.03. The van der Waals surface area contributed by atoms with Crippen LogP contribution < -0.4 is 4.74 Å². The zero-order chi connectivity index (χ0) is 22.1. The Balaban J connectivity index is 1.12. The number of benzene rings is 1. The smallest absolute Gasteiger partial charge is 0.246 e. The molecule has 0 unspecified atom stereocenters. The number of nitrogens with zero attached hydrogens (tertiary/aromatic N) is 4. The number of hydrogen-bond donors (Lipinski definition) is 0. The van der Waals surface area contributed by atoms with Crippen LogP contribution in [0.4, 0.5) is 4.39 Å². The van der Waals surface area contributed by atoms with Gasteiger partial charge in [0.25, 0.3) is 0 Å². The Kier molecular flexibility index (Phi) is 4.61. The van der Waals surface area contributed by atoms with Gasteiger partial charge in [-0.3, -0.25) is 4.90 Å². The number of aromatic nitrogens is 2. The van der Waals surface area contributed by atoms with E-state index in [1.54, 1.807) is 6.07 Å². The van der Waals surface area contributed by atoms with Gasteiger partial charge in [-0.1, -0.05) is 12.1 Å². The van der Waals surface area contributed by atoms with Crippen LogP contribution in [0.3, 0.4) is 0 Å². The average Bonchev–Trinajstić information content (AvgIpc) is 3.55. The Bertz CT molecular complexity index is 1160. The van der Waals surface area contributed by atoms with Crippen molar-refractivity contribution in [3.8, 4) is 5.88 Å². The van der Waals surface area contributed by atoms with Crippen LogP contribution in [0.1, 0.15) is 49.9 Å². The van der Waals surface area contributed by atoms with Crippen molar-refractivity contribution in [1.29, 1.82) is 0 Å². The molecule has 1 spiro atoms. The van der Waals surface area contributed by atoms with Gasteiger partial charge in [0.2, 0.25) is 15.9 Å². The normalized spacial score (nSPS) is 26.0. The molecule has 2 saturated carbocycles. The maximum Gasteiger partial charge on any atom is 0.246 e. The quantitative estimate of drug-likeness (QED) is 0.701. The molecule has 9 heteroatoms. The molecule has 2 aromatic rings. The van der Waals surface area contributed by atoms with Crippen molar-refractivity contribution < 1.29 is 17.5 Å². The SMILES string of the molecule is C[C@@H]1COc2nc(C3CC3)ncc2CN1C1CC2(C1)CN(S(=O)(=O)c1ccccc1F)C2. The molecule has 0 bridgehead atoms. The van der Waals surface area contributed by atoms with Crippen LogP contribution in [0.15, 0.2) is 35.4 Å². The van der Waals surface area contributed by atoms with E-state index in [9.17, 15) is 12.8 Å². The predicted octanol–water partition coefficient (Wildman–Crippen LogP) is 2.93. The van der Waals surface area contributed by atoms with Gasteiger partial charge < -0.3 is 4.74 Å². The molecule has 1 saturated heterocycles. The second-order valence-corrected chi connectivity index (χ2v) is 11.8. The van der Waals surface area contributed by atoms with Crippen LogP contribution in [0.2, 0.25) is 0 Å². The fourth-order valence-corrected chi connectivity index (χ4v) is 7.14. The molecule has 7 nitrogen and oxygen atoms in total. The highest BCUT2D eigenvalue weighted by Gasteiger charge is 2.57. The highest BCUT2D eigenvalue weighted by atomic mass is 32.2. The largest absolute Gasteiger partial charge is 0.476 e. The summed E-state index contributed by atoms with van der Waals surface area (Å²) in [5.74, 6) is 1.42. The van der Waals surface area contributed by atoms with E-state index >= 15 is 0 Å². The summed E-state index contributed by atoms with van der Waals surface area (Å²) in [7, 11) is -3.78. The van der Waals surface area contributed by atoms with Crippen LogP contribution in [0.5, 0.6) is 5.88 Å². The van der Waals surface area contributed by atoms with Crippen LogP contribution in [0, 0.1) is 11.2 Å². The summed E-state index contributed by atoms with van der Waals surface area (Å²) in [6, 6.07) is 6.22. The van der Waals surface area contributed by atoms with Gasteiger partial charge in [0.05, 0.1) is 0 Å². The van der Waals surface area contributed by atoms with Gasteiger partial charge in [-0.15, -0.1) is 0 Å². The minimum atomic E-state index is -3.78. The maximum atomic E-state index is 14.0. The topological polar surface area (TPSA) is 75.6 Å². The summed E-state index contributed by atoms with van der Waals surface area (Å²) in [6.07, 6.45) is 6.12. The lowest BCUT2D eigenvalue weighted by molar-refractivity contribution is -0.0890. The van der Waals surface area contributed by atoms with Gasteiger partial charge in [0.15, 0.2) is 0 Å². The second-order valence-electron chi connectivity index (χ2n) is 9.93. The van der Waals surface area contributed by atoms with Crippen molar-refractivity contribution in [2.24, 2.45) is 5.41 Å². The monoisotopic (exact) mass is 458 g/mol. The van der Waals surface area contributed by atoms with Crippen molar-refractivity contribution in [2.75, 3.05) is 19.7 Å². The average molecular weight is 459 g/mol. The third kappa shape index (κ3) is 3.33. The van der Waals surface area contributed by atoms with E-state index in [1.807, 2.05) is 6.20 Å². The van der Waals surface area contributed by atoms with Crippen molar-refractivity contribution in [1.82, 2.24) is 19.2 Å². The number of sulfonamides is 1. The summed E-state index contributed by atoms with van der Waals surface area (Å²) in [6.45, 7) is 4.43. The molecule has 3 heterocycles. The molecule has 32 heavy (non-hydrogen) atoms. The van der Waals surface area contributed by atoms with E-state index in [0.29, 0.717) is 31.7 Å². The fraction of sp³-hybridized carbons (Fsp3) is 0.565. The third-order valence-corrected chi connectivity index (χ3v) is 9.28. The molecule has 0 amide bonds. The summed E-state index contributed by atoms with van der Waals surface area (Å²) < 4.78 is 47.1. The minimum Gasteiger partial charge on any atom is -0.476 e. The number of fused-ring (bicyclic) bond motifs is 1. The molecule has 6 rings (SSSR count). The van der Waals surface area contributed by atoms with E-state index in [-0.39, 0.29) is 16.4 Å². The number of halogens is 1. The van der Waals surface area contributed by atoms with Gasteiger partial charge in [0, 0.05) is 54.8 Å². The van der Waals surface area contributed by atoms with Gasteiger partial charge in [-0.05, 0) is 44.7 Å². The number of ether oxygens (including phenoxy) is 1. The van der Waals surface area contributed by atoms with Crippen molar-refractivity contribution in [2.45, 2.75) is 62.0 Å². The van der Waals surface area contributed by atoms with E-state index in [0.717, 1.165) is 49.5 Å². The molecule has 2 aliphatic heterocycles. The molecule has 3 fully saturated rings. The third-order valence-electron chi connectivity index (χ3n) is 7.45. The highest BCUT2D eigenvalue weighted by molar-refractivity contribution is 7.89. The predicted molar refractivity (Wildman–Crippen MR) is 115 cm³/mol. The fourth-order valence-electron chi connectivity index (χ4n) is 5.41. The Morgan fingerprint density at radius 2 is 1.94 bits per heavy atom. The van der Waals surface area contributed by atoms with E-state index in [4.69, 9.17) is 4.74 Å². The van der Waals surface area contributed by atoms with Gasteiger partial charge in [-0.25, -0.2) is 17.8 Å². The van der Waals surface area contributed by atoms with E-state index in [2.05, 4.69) is 21.8 Å². The van der Waals surface area contributed by atoms with Crippen LogP contribution in [0.25, 0.3) is 0 Å². The molecule has 1 aromatic heterocycles. The van der Waals surface area contributed by atoms with Gasteiger partial charge in [0.1, 0.15) is 23.1 Å². The molecule has 0 radical (unpaired) electrons. The first-order chi connectivity index (χ1) is 15.3. The second kappa shape index (κ2) is 7.20. The molecule has 170 valence electrons. The summed E-state index contributed by atoms with van der Waals surface area (Å²) >= 11 is 0. The highest BCUT2D eigenvalue weighted by Crippen LogP contribution is 2.52. The molecule has 1 atom stereocenters. The Morgan fingerprint density at radius 1 is 1.19 bits per heavy atom. The molecule has 2 aliphatic carbocycles. The number of rotatable bonds is 4. The van der Waals surface area contributed by atoms with Gasteiger partial charge in [-0.2, -0.15) is 9.29 Å². The Labute approximate surface area is 187 Å². The minimum absolute atomic E-state index is 0.00500. The van der Waals surface area contributed by atoms with Crippen molar-refractivity contribution >= 4 is 10.0 Å². The van der Waals surface area contributed by atoms with Crippen molar-refractivity contribution in [3.05, 3.63) is 47.7 Å². The first-order valence-electron chi connectivity index (χ1n) is 11.3. The van der Waals surface area contributed by atoms with Crippen LogP contribution in [-0.2, 0) is 16.6 Å². The molecule has 0 N–H and O–H groups in total. The number of hydrogen-bond acceptors (Lipinski definition) is 6. The summed E-state index contributed by atoms with van der Waals surface area (Å²) in [4.78, 5) is 11.5. The van der Waals surface area contributed by atoms with Crippen LogP contribution >= 0.6 is 0 Å². The van der Waals surface area contributed by atoms with Crippen LogP contribution in [-0.4, -0.2) is 59.4 Å². The first-order valence-corrected chi connectivity index (χ1v) is 12.8. The van der Waals surface area contributed by atoms with Crippen molar-refractivity contribution in [3.63, 3.8) is 0 Å². The first kappa shape index (κ1) is 20.5. The zero-order valence-corrected chi connectivity index (χ0v) is 18.9. The standard InChI is InChI=1S/C23H27FN4O3S/c1-15-12-31-22-17(10-25-21(26-22)16-6-7-16)11-28(15)18-8-23(9-18)13-27(14-23)32(29,30)20-5-3-2-4-19(20)24/h2-5,10,15-16,18H,6-9,11-14H2,1H3/t15-/m1/s1. The lowest BCUT2D eigenvalue weighted by Gasteiger charge is -2.60. The lowest BCUT2D eigenvalue weighted by Crippen LogP contribution is -2.68. The van der Waals surface area contributed by atoms with E-state index < -0.39 is 15.8 Å². The molecule has 1 aromatic carbocycles. The van der Waals surface area contributed by atoms with E-state index in [1.165, 1.54) is 22.5 Å². The molecular weight excluding hydrogens is 431 g/mol. The van der Waals surface area contributed by atoms with Gasteiger partial charge >= 0.3 is 0 Å². The Morgan fingerprint density at radius 3 is 2.66 bits per heavy atom. The molecular formula is C23H27FN4O3S. The molecule has 4 aliphatic rings.